The van der Waals surface area contributed by atoms with Crippen LogP contribution in [-0.2, 0) is 0 Å². The zero-order chi connectivity index (χ0) is 6.91. The maximum atomic E-state index is 8.54. The van der Waals surface area contributed by atoms with Crippen LogP contribution in [0.15, 0.2) is 0 Å². The van der Waals surface area contributed by atoms with Crippen LogP contribution in [0.3, 0.4) is 0 Å². The van der Waals surface area contributed by atoms with Crippen LogP contribution in [0.2, 0.25) is 0 Å². The van der Waals surface area contributed by atoms with Crippen molar-refractivity contribution in [3.8, 4) is 6.07 Å². The Labute approximate surface area is 55.1 Å². The van der Waals surface area contributed by atoms with Crippen molar-refractivity contribution in [2.75, 3.05) is 20.1 Å². The molecule has 1 rings (SSSR count). The van der Waals surface area contributed by atoms with Gasteiger partial charge in [-0.1, -0.05) is 0 Å². The third-order valence-electron chi connectivity index (χ3n) is 1.71. The molecule has 0 amide bonds. The summed E-state index contributed by atoms with van der Waals surface area (Å²) in [7, 11) is 1.98. The Bertz CT molecular complexity index is 149. The molecule has 1 atom stereocenters. The first kappa shape index (κ1) is 6.53. The summed E-state index contributed by atoms with van der Waals surface area (Å²) in [6.45, 7) is 1.66. The fraction of sp³-hybridized carbons (Fsp3) is 0.833. The molecule has 2 N–H and O–H groups in total. The average molecular weight is 125 g/mol. The predicted octanol–water partition coefficient (Wildman–Crippen LogP) is -0.457. The molecule has 50 valence electrons. The van der Waals surface area contributed by atoms with Gasteiger partial charge in [-0.15, -0.1) is 0 Å². The second kappa shape index (κ2) is 1.98. The first-order chi connectivity index (χ1) is 4.16. The summed E-state index contributed by atoms with van der Waals surface area (Å²) in [6.07, 6.45) is 0.806. The van der Waals surface area contributed by atoms with Crippen LogP contribution >= 0.6 is 0 Å². The average Bonchev–Trinajstić information content (AvgIpc) is 2.13. The minimum Gasteiger partial charge on any atom is -0.312 e. The standard InChI is InChI=1S/C6H11N3/c1-9-3-2-6(8,4-7)5-9/h2-3,5,8H2,1H3. The first-order valence-electron chi connectivity index (χ1n) is 3.05. The van der Waals surface area contributed by atoms with E-state index in [0.29, 0.717) is 6.54 Å². The lowest BCUT2D eigenvalue weighted by atomic mass is 10.0. The van der Waals surface area contributed by atoms with E-state index in [1.54, 1.807) is 0 Å². The van der Waals surface area contributed by atoms with E-state index >= 15 is 0 Å². The van der Waals surface area contributed by atoms with Gasteiger partial charge in [0.2, 0.25) is 0 Å². The number of nitrogens with two attached hydrogens (primary N) is 1. The number of likely N-dealkylation sites (tertiary alicyclic amines) is 1. The third kappa shape index (κ3) is 1.21. The first-order valence-corrected chi connectivity index (χ1v) is 3.05. The van der Waals surface area contributed by atoms with Crippen molar-refractivity contribution in [2.24, 2.45) is 5.73 Å². The summed E-state index contributed by atoms with van der Waals surface area (Å²) in [6, 6.07) is 2.11. The van der Waals surface area contributed by atoms with Crippen LogP contribution in [0.25, 0.3) is 0 Å². The minimum absolute atomic E-state index is 0.561. The minimum atomic E-state index is -0.561. The normalized spacial score (nSPS) is 36.6. The SMILES string of the molecule is CN1CCC(N)(C#N)C1. The highest BCUT2D eigenvalue weighted by molar-refractivity contribution is 5.09. The molecule has 0 aliphatic carbocycles. The Kier molecular flexibility index (Phi) is 1.43. The molecule has 0 aromatic rings. The molecule has 3 heteroatoms. The Morgan fingerprint density at radius 3 is 2.67 bits per heavy atom. The van der Waals surface area contributed by atoms with Crippen LogP contribution in [0.1, 0.15) is 6.42 Å². The zero-order valence-corrected chi connectivity index (χ0v) is 5.59. The molecule has 0 aromatic carbocycles. The van der Waals surface area contributed by atoms with Gasteiger partial charge in [-0.05, 0) is 13.5 Å². The monoisotopic (exact) mass is 125 g/mol. The summed E-state index contributed by atoms with van der Waals surface area (Å²) < 4.78 is 0. The van der Waals surface area contributed by atoms with E-state index in [4.69, 9.17) is 11.0 Å². The Balaban J connectivity index is 2.58. The molecule has 0 aromatic heterocycles. The topological polar surface area (TPSA) is 53.0 Å². The summed E-state index contributed by atoms with van der Waals surface area (Å²) in [4.78, 5) is 2.07. The second-order valence-corrected chi connectivity index (χ2v) is 2.76. The van der Waals surface area contributed by atoms with E-state index in [1.807, 2.05) is 7.05 Å². The van der Waals surface area contributed by atoms with Crippen LogP contribution in [0.4, 0.5) is 0 Å². The molecule has 1 aliphatic rings. The van der Waals surface area contributed by atoms with E-state index in [1.165, 1.54) is 0 Å². The van der Waals surface area contributed by atoms with Gasteiger partial charge in [-0.3, -0.25) is 0 Å². The van der Waals surface area contributed by atoms with Gasteiger partial charge in [0.1, 0.15) is 5.54 Å². The molecule has 0 spiro atoms. The van der Waals surface area contributed by atoms with Crippen molar-refractivity contribution in [1.29, 1.82) is 5.26 Å². The maximum absolute atomic E-state index is 8.54. The summed E-state index contributed by atoms with van der Waals surface area (Å²) in [5, 5.41) is 8.54. The summed E-state index contributed by atoms with van der Waals surface area (Å²) >= 11 is 0. The molecule has 3 nitrogen and oxygen atoms in total. The number of hydrogen-bond donors (Lipinski definition) is 1. The number of nitriles is 1. The van der Waals surface area contributed by atoms with E-state index in [0.717, 1.165) is 13.0 Å². The molecule has 1 fully saturated rings. The molecule has 1 saturated heterocycles. The number of rotatable bonds is 0. The number of likely N-dealkylation sites (N-methyl/N-ethyl adjacent to an activating group) is 1. The predicted molar refractivity (Wildman–Crippen MR) is 34.6 cm³/mol. The highest BCUT2D eigenvalue weighted by Crippen LogP contribution is 2.14. The van der Waals surface area contributed by atoms with Crippen LogP contribution in [0.5, 0.6) is 0 Å². The molecule has 1 unspecified atom stereocenters. The zero-order valence-electron chi connectivity index (χ0n) is 5.59. The fourth-order valence-electron chi connectivity index (χ4n) is 1.12. The molecule has 1 aliphatic heterocycles. The van der Waals surface area contributed by atoms with Crippen LogP contribution in [0, 0.1) is 11.3 Å². The smallest absolute Gasteiger partial charge is 0.118 e. The van der Waals surface area contributed by atoms with Gasteiger partial charge < -0.3 is 10.6 Å². The van der Waals surface area contributed by atoms with Gasteiger partial charge in [0.05, 0.1) is 6.07 Å². The number of hydrogen-bond acceptors (Lipinski definition) is 3. The molecular formula is C6H11N3. The highest BCUT2D eigenvalue weighted by Gasteiger charge is 2.32. The van der Waals surface area contributed by atoms with Crippen LogP contribution < -0.4 is 5.73 Å². The fourth-order valence-corrected chi connectivity index (χ4v) is 1.12. The van der Waals surface area contributed by atoms with E-state index in [-0.39, 0.29) is 0 Å². The van der Waals surface area contributed by atoms with Crippen molar-refractivity contribution in [2.45, 2.75) is 12.0 Å². The van der Waals surface area contributed by atoms with Gasteiger partial charge in [-0.25, -0.2) is 0 Å². The molecular weight excluding hydrogens is 114 g/mol. The van der Waals surface area contributed by atoms with Crippen molar-refractivity contribution in [3.63, 3.8) is 0 Å². The Morgan fingerprint density at radius 1 is 1.78 bits per heavy atom. The van der Waals surface area contributed by atoms with Crippen LogP contribution in [-0.4, -0.2) is 30.6 Å². The van der Waals surface area contributed by atoms with E-state index in [9.17, 15) is 0 Å². The van der Waals surface area contributed by atoms with Crippen molar-refractivity contribution >= 4 is 0 Å². The highest BCUT2D eigenvalue weighted by atomic mass is 15.2. The van der Waals surface area contributed by atoms with Gasteiger partial charge in [-0.2, -0.15) is 5.26 Å². The third-order valence-corrected chi connectivity index (χ3v) is 1.71. The summed E-state index contributed by atoms with van der Waals surface area (Å²) in [5.41, 5.74) is 5.09. The lowest BCUT2D eigenvalue weighted by Crippen LogP contribution is -2.40. The summed E-state index contributed by atoms with van der Waals surface area (Å²) in [5.74, 6) is 0. The molecule has 0 bridgehead atoms. The number of nitrogens with zero attached hydrogens (tertiary/aromatic N) is 2. The maximum Gasteiger partial charge on any atom is 0.118 e. The molecule has 0 radical (unpaired) electrons. The van der Waals surface area contributed by atoms with Crippen molar-refractivity contribution < 1.29 is 0 Å². The van der Waals surface area contributed by atoms with E-state index in [2.05, 4.69) is 11.0 Å². The van der Waals surface area contributed by atoms with Gasteiger partial charge >= 0.3 is 0 Å². The Morgan fingerprint density at radius 2 is 2.44 bits per heavy atom. The molecule has 9 heavy (non-hydrogen) atoms. The lowest BCUT2D eigenvalue weighted by molar-refractivity contribution is 0.397. The van der Waals surface area contributed by atoms with Crippen molar-refractivity contribution in [3.05, 3.63) is 0 Å². The van der Waals surface area contributed by atoms with Gasteiger partial charge in [0.25, 0.3) is 0 Å². The Hall–Kier alpha value is -0.590. The second-order valence-electron chi connectivity index (χ2n) is 2.76. The molecule has 1 heterocycles. The molecule has 0 saturated carbocycles. The quantitative estimate of drug-likeness (QED) is 0.476. The van der Waals surface area contributed by atoms with Crippen molar-refractivity contribution in [1.82, 2.24) is 4.90 Å². The largest absolute Gasteiger partial charge is 0.312 e. The van der Waals surface area contributed by atoms with Gasteiger partial charge in [0.15, 0.2) is 0 Å². The lowest BCUT2D eigenvalue weighted by Gasteiger charge is -2.12. The van der Waals surface area contributed by atoms with E-state index < -0.39 is 5.54 Å². The van der Waals surface area contributed by atoms with Gasteiger partial charge in [0, 0.05) is 13.1 Å².